The molecule has 37 heavy (non-hydrogen) atoms. The Morgan fingerprint density at radius 1 is 0.946 bits per heavy atom. The normalized spacial score (nSPS) is 14.1. The van der Waals surface area contributed by atoms with Gasteiger partial charge in [-0.15, -0.1) is 0 Å². The molecule has 0 N–H and O–H groups in total. The SMILES string of the molecule is CCCCc1c(C(C)C)nc2n(c1=O)N=C(C(C)C)/C2=N/c1ccc(N(CCCC)CCCC)cc1C. The maximum atomic E-state index is 13.6. The van der Waals surface area contributed by atoms with Gasteiger partial charge in [0.2, 0.25) is 0 Å². The van der Waals surface area contributed by atoms with E-state index in [2.05, 4.69) is 78.5 Å². The molecule has 0 spiro atoms. The van der Waals surface area contributed by atoms with Crippen molar-refractivity contribution in [2.75, 3.05) is 18.0 Å². The quantitative estimate of drug-likeness (QED) is 0.284. The van der Waals surface area contributed by atoms with Crippen LogP contribution in [0.2, 0.25) is 0 Å². The van der Waals surface area contributed by atoms with Gasteiger partial charge >= 0.3 is 0 Å². The first-order valence-corrected chi connectivity index (χ1v) is 14.4. The van der Waals surface area contributed by atoms with Crippen molar-refractivity contribution in [3.05, 3.63) is 51.2 Å². The number of anilines is 1. The van der Waals surface area contributed by atoms with Crippen molar-refractivity contribution in [1.82, 2.24) is 9.66 Å². The maximum Gasteiger partial charge on any atom is 0.277 e. The fourth-order valence-corrected chi connectivity index (χ4v) is 4.79. The second-order valence-electron chi connectivity index (χ2n) is 10.9. The molecule has 1 aliphatic rings. The first kappa shape index (κ1) is 28.8. The number of aliphatic imine (C=N–C) groups is 1. The van der Waals surface area contributed by atoms with Crippen LogP contribution >= 0.6 is 0 Å². The van der Waals surface area contributed by atoms with Crippen LogP contribution < -0.4 is 10.5 Å². The van der Waals surface area contributed by atoms with Gasteiger partial charge in [-0.1, -0.05) is 67.7 Å². The molecule has 3 rings (SSSR count). The molecule has 0 radical (unpaired) electrons. The summed E-state index contributed by atoms with van der Waals surface area (Å²) in [7, 11) is 0. The lowest BCUT2D eigenvalue weighted by atomic mass is 9.99. The Labute approximate surface area is 223 Å². The molecule has 1 aliphatic heterocycles. The van der Waals surface area contributed by atoms with E-state index in [1.807, 2.05) is 0 Å². The Kier molecular flexibility index (Phi) is 10.2. The third-order valence-corrected chi connectivity index (χ3v) is 7.06. The molecule has 0 aliphatic carbocycles. The van der Waals surface area contributed by atoms with E-state index in [1.54, 1.807) is 0 Å². The van der Waals surface area contributed by atoms with Crippen molar-refractivity contribution in [1.29, 1.82) is 0 Å². The van der Waals surface area contributed by atoms with E-state index in [9.17, 15) is 4.79 Å². The number of rotatable bonds is 13. The Morgan fingerprint density at radius 2 is 1.59 bits per heavy atom. The van der Waals surface area contributed by atoms with Crippen LogP contribution in [0.15, 0.2) is 33.1 Å². The zero-order valence-electron chi connectivity index (χ0n) is 24.4. The topological polar surface area (TPSA) is 62.9 Å². The Balaban J connectivity index is 2.09. The summed E-state index contributed by atoms with van der Waals surface area (Å²) in [6.07, 6.45) is 7.51. The number of hydrogen-bond acceptors (Lipinski definition) is 5. The second-order valence-corrected chi connectivity index (χ2v) is 10.9. The highest BCUT2D eigenvalue weighted by Crippen LogP contribution is 2.28. The molecule has 202 valence electrons. The highest BCUT2D eigenvalue weighted by Gasteiger charge is 2.30. The molecule has 2 heterocycles. The van der Waals surface area contributed by atoms with Gasteiger partial charge < -0.3 is 4.90 Å². The van der Waals surface area contributed by atoms with E-state index in [-0.39, 0.29) is 17.4 Å². The van der Waals surface area contributed by atoms with Gasteiger partial charge in [-0.3, -0.25) is 4.79 Å². The monoisotopic (exact) mass is 505 g/mol. The van der Waals surface area contributed by atoms with E-state index in [4.69, 9.17) is 15.1 Å². The number of aromatic nitrogens is 2. The van der Waals surface area contributed by atoms with Crippen LogP contribution in [0.5, 0.6) is 0 Å². The summed E-state index contributed by atoms with van der Waals surface area (Å²) >= 11 is 0. The van der Waals surface area contributed by atoms with Crippen molar-refractivity contribution < 1.29 is 0 Å². The van der Waals surface area contributed by atoms with Crippen LogP contribution in [0.3, 0.4) is 0 Å². The molecule has 6 nitrogen and oxygen atoms in total. The molecule has 0 atom stereocenters. The third kappa shape index (κ3) is 6.58. The number of hydrogen-bond donors (Lipinski definition) is 0. The summed E-state index contributed by atoms with van der Waals surface area (Å²) in [4.78, 5) is 26.2. The summed E-state index contributed by atoms with van der Waals surface area (Å²) in [6.45, 7) is 19.3. The summed E-state index contributed by atoms with van der Waals surface area (Å²) < 4.78 is 1.51. The largest absolute Gasteiger partial charge is 0.372 e. The van der Waals surface area contributed by atoms with Crippen LogP contribution in [0.4, 0.5) is 11.4 Å². The van der Waals surface area contributed by atoms with Gasteiger partial charge in [0.25, 0.3) is 5.56 Å². The minimum atomic E-state index is -0.0416. The van der Waals surface area contributed by atoms with Crippen molar-refractivity contribution >= 4 is 22.8 Å². The zero-order valence-corrected chi connectivity index (χ0v) is 24.4. The molecule has 0 fully saturated rings. The Hall–Kier alpha value is -2.76. The number of aryl methyl sites for hydroxylation is 1. The molecular formula is C31H47N5O. The minimum absolute atomic E-state index is 0.0416. The Bertz CT molecular complexity index is 1180. The lowest BCUT2D eigenvalue weighted by Crippen LogP contribution is -2.28. The highest BCUT2D eigenvalue weighted by molar-refractivity contribution is 6.49. The van der Waals surface area contributed by atoms with E-state index >= 15 is 0 Å². The second kappa shape index (κ2) is 13.2. The lowest BCUT2D eigenvalue weighted by Gasteiger charge is -2.25. The summed E-state index contributed by atoms with van der Waals surface area (Å²) in [5.41, 5.74) is 6.46. The Morgan fingerprint density at radius 3 is 2.14 bits per heavy atom. The van der Waals surface area contributed by atoms with Gasteiger partial charge in [-0.05, 0) is 68.2 Å². The number of nitrogens with zero attached hydrogens (tertiary/aromatic N) is 5. The molecular weight excluding hydrogens is 458 g/mol. The third-order valence-electron chi connectivity index (χ3n) is 7.06. The average molecular weight is 506 g/mol. The van der Waals surface area contributed by atoms with Crippen molar-refractivity contribution in [3.63, 3.8) is 0 Å². The van der Waals surface area contributed by atoms with Crippen LogP contribution in [0.25, 0.3) is 0 Å². The zero-order chi connectivity index (χ0) is 27.1. The molecule has 0 bridgehead atoms. The van der Waals surface area contributed by atoms with Gasteiger partial charge in [-0.2, -0.15) is 9.78 Å². The average Bonchev–Trinajstić information content (AvgIpc) is 3.23. The molecule has 0 unspecified atom stereocenters. The van der Waals surface area contributed by atoms with Gasteiger partial charge in [0.15, 0.2) is 5.82 Å². The van der Waals surface area contributed by atoms with E-state index in [0.717, 1.165) is 66.3 Å². The van der Waals surface area contributed by atoms with E-state index < -0.39 is 0 Å². The summed E-state index contributed by atoms with van der Waals surface area (Å²) in [5, 5.41) is 4.76. The lowest BCUT2D eigenvalue weighted by molar-refractivity contribution is 0.678. The minimum Gasteiger partial charge on any atom is -0.372 e. The van der Waals surface area contributed by atoms with Crippen LogP contribution in [-0.4, -0.2) is 34.2 Å². The van der Waals surface area contributed by atoms with Crippen molar-refractivity contribution in [2.24, 2.45) is 16.0 Å². The molecule has 0 saturated carbocycles. The fourth-order valence-electron chi connectivity index (χ4n) is 4.79. The standard InChI is InChI=1S/C31H47N5O/c1-9-12-15-25-27(21(4)5)33-30-29(28(22(6)7)34-36(30)31(25)37)32-26-17-16-24(20-23(26)8)35(18-13-10-2)19-14-11-3/h16-17,20-22H,9-15,18-19H2,1-8H3/b32-29-. The first-order chi connectivity index (χ1) is 17.7. The number of unbranched alkanes of at least 4 members (excludes halogenated alkanes) is 3. The molecule has 2 aromatic rings. The fraction of sp³-hybridized carbons (Fsp3) is 0.613. The van der Waals surface area contributed by atoms with Gasteiger partial charge in [0.05, 0.1) is 17.1 Å². The molecule has 0 amide bonds. The van der Waals surface area contributed by atoms with Crippen molar-refractivity contribution in [3.8, 4) is 0 Å². The first-order valence-electron chi connectivity index (χ1n) is 14.4. The summed E-state index contributed by atoms with van der Waals surface area (Å²) in [6, 6.07) is 6.55. The van der Waals surface area contributed by atoms with Crippen LogP contribution in [-0.2, 0) is 6.42 Å². The van der Waals surface area contributed by atoms with Crippen molar-refractivity contribution in [2.45, 2.75) is 106 Å². The van der Waals surface area contributed by atoms with E-state index in [0.29, 0.717) is 5.82 Å². The molecule has 0 saturated heterocycles. The highest BCUT2D eigenvalue weighted by atomic mass is 16.1. The molecule has 6 heteroatoms. The number of benzene rings is 1. The van der Waals surface area contributed by atoms with Gasteiger partial charge in [0, 0.05) is 24.3 Å². The summed E-state index contributed by atoms with van der Waals surface area (Å²) in [5.74, 6) is 0.862. The smallest absolute Gasteiger partial charge is 0.277 e. The van der Waals surface area contributed by atoms with E-state index in [1.165, 1.54) is 36.0 Å². The maximum absolute atomic E-state index is 13.6. The predicted octanol–water partition coefficient (Wildman–Crippen LogP) is 7.42. The van der Waals surface area contributed by atoms with Crippen LogP contribution in [0.1, 0.15) is 116 Å². The molecule has 1 aromatic carbocycles. The molecule has 1 aromatic heterocycles. The number of fused-ring (bicyclic) bond motifs is 1. The van der Waals surface area contributed by atoms with Gasteiger partial charge in [-0.25, -0.2) is 9.98 Å². The predicted molar refractivity (Wildman–Crippen MR) is 158 cm³/mol. The van der Waals surface area contributed by atoms with Crippen LogP contribution in [0, 0.1) is 12.8 Å². The van der Waals surface area contributed by atoms with Gasteiger partial charge in [0.1, 0.15) is 5.71 Å².